The van der Waals surface area contributed by atoms with Crippen molar-refractivity contribution in [2.24, 2.45) is 5.92 Å². The van der Waals surface area contributed by atoms with Crippen LogP contribution in [0, 0.1) is 5.92 Å². The summed E-state index contributed by atoms with van der Waals surface area (Å²) < 4.78 is 0. The molecule has 1 aliphatic rings. The van der Waals surface area contributed by atoms with Crippen LogP contribution in [0.1, 0.15) is 39.0 Å². The first kappa shape index (κ1) is 8.44. The van der Waals surface area contributed by atoms with Gasteiger partial charge in [-0.15, -0.1) is 0 Å². The fourth-order valence-corrected chi connectivity index (χ4v) is 1.62. The van der Waals surface area contributed by atoms with Gasteiger partial charge >= 0.3 is 0 Å². The highest BCUT2D eigenvalue weighted by Gasteiger charge is 2.19. The number of hydrogen-bond donors (Lipinski definition) is 0. The average Bonchev–Trinajstić information content (AvgIpc) is 2.39. The molecule has 1 rings (SSSR count). The number of Topliss-reactive ketones (excluding diaryl/α,β-unsaturated/α-hetero) is 2. The Hall–Kier alpha value is -0.660. The van der Waals surface area contributed by atoms with Crippen molar-refractivity contribution in [2.75, 3.05) is 0 Å². The third-order valence-electron chi connectivity index (χ3n) is 2.34. The summed E-state index contributed by atoms with van der Waals surface area (Å²) in [6.07, 6.45) is 5.24. The van der Waals surface area contributed by atoms with E-state index >= 15 is 0 Å². The van der Waals surface area contributed by atoms with E-state index in [1.165, 1.54) is 19.8 Å². The second-order valence-corrected chi connectivity index (χ2v) is 3.33. The third-order valence-corrected chi connectivity index (χ3v) is 2.34. The fourth-order valence-electron chi connectivity index (χ4n) is 1.62. The zero-order valence-electron chi connectivity index (χ0n) is 6.93. The molecule has 0 aliphatic heterocycles. The zero-order valence-corrected chi connectivity index (χ0v) is 6.93. The van der Waals surface area contributed by atoms with Gasteiger partial charge in [-0.05, 0) is 5.92 Å². The minimum atomic E-state index is -0.281. The molecule has 0 saturated heterocycles. The predicted octanol–water partition coefficient (Wildman–Crippen LogP) is 1.72. The number of carbonyl (C=O) groups excluding carboxylic acids is 2. The lowest BCUT2D eigenvalue weighted by atomic mass is 10.00. The van der Waals surface area contributed by atoms with Crippen LogP contribution >= 0.6 is 0 Å². The summed E-state index contributed by atoms with van der Waals surface area (Å²) in [6.45, 7) is 1.36. The summed E-state index contributed by atoms with van der Waals surface area (Å²) in [4.78, 5) is 21.5. The number of hydrogen-bond acceptors (Lipinski definition) is 2. The summed E-state index contributed by atoms with van der Waals surface area (Å²) in [6, 6.07) is 0. The molecule has 0 atom stereocenters. The van der Waals surface area contributed by atoms with Crippen LogP contribution in [0.15, 0.2) is 0 Å². The van der Waals surface area contributed by atoms with E-state index in [4.69, 9.17) is 0 Å². The van der Waals surface area contributed by atoms with E-state index in [9.17, 15) is 9.59 Å². The maximum Gasteiger partial charge on any atom is 0.198 e. The minimum Gasteiger partial charge on any atom is -0.291 e. The van der Waals surface area contributed by atoms with Crippen LogP contribution in [-0.2, 0) is 9.59 Å². The maximum absolute atomic E-state index is 10.9. The van der Waals surface area contributed by atoms with Gasteiger partial charge in [0, 0.05) is 13.3 Å². The van der Waals surface area contributed by atoms with Crippen molar-refractivity contribution in [3.63, 3.8) is 0 Å². The van der Waals surface area contributed by atoms with Crippen molar-refractivity contribution in [3.8, 4) is 0 Å². The first-order chi connectivity index (χ1) is 5.20. The smallest absolute Gasteiger partial charge is 0.198 e. The van der Waals surface area contributed by atoms with Gasteiger partial charge in [0.1, 0.15) is 0 Å². The van der Waals surface area contributed by atoms with Crippen LogP contribution in [0.25, 0.3) is 0 Å². The SMILES string of the molecule is CC(=O)C(=O)CC1CCCC1. The van der Waals surface area contributed by atoms with Gasteiger partial charge in [0.25, 0.3) is 0 Å². The lowest BCUT2D eigenvalue weighted by molar-refractivity contribution is -0.135. The highest BCUT2D eigenvalue weighted by atomic mass is 16.2. The Morgan fingerprint density at radius 1 is 1.27 bits per heavy atom. The van der Waals surface area contributed by atoms with E-state index in [-0.39, 0.29) is 11.6 Å². The quantitative estimate of drug-likeness (QED) is 0.580. The molecule has 0 radical (unpaired) electrons. The molecular weight excluding hydrogens is 140 g/mol. The van der Waals surface area contributed by atoms with E-state index in [0.29, 0.717) is 12.3 Å². The van der Waals surface area contributed by atoms with E-state index in [1.54, 1.807) is 0 Å². The van der Waals surface area contributed by atoms with Crippen LogP contribution in [0.3, 0.4) is 0 Å². The first-order valence-electron chi connectivity index (χ1n) is 4.24. The standard InChI is InChI=1S/C9H14O2/c1-7(10)9(11)6-8-4-2-3-5-8/h8H,2-6H2,1H3. The minimum absolute atomic E-state index is 0.183. The highest BCUT2D eigenvalue weighted by Crippen LogP contribution is 2.27. The van der Waals surface area contributed by atoms with Crippen molar-refractivity contribution in [2.45, 2.75) is 39.0 Å². The van der Waals surface area contributed by atoms with Crippen molar-refractivity contribution in [3.05, 3.63) is 0 Å². The molecule has 1 fully saturated rings. The Morgan fingerprint density at radius 3 is 2.27 bits per heavy atom. The van der Waals surface area contributed by atoms with Gasteiger partial charge < -0.3 is 0 Å². The van der Waals surface area contributed by atoms with Gasteiger partial charge in [-0.25, -0.2) is 0 Å². The summed E-state index contributed by atoms with van der Waals surface area (Å²) in [5.41, 5.74) is 0. The fraction of sp³-hybridized carbons (Fsp3) is 0.778. The molecule has 0 aromatic heterocycles. The normalized spacial score (nSPS) is 18.6. The van der Waals surface area contributed by atoms with Crippen LogP contribution in [0.2, 0.25) is 0 Å². The van der Waals surface area contributed by atoms with Crippen LogP contribution < -0.4 is 0 Å². The molecule has 0 unspecified atom stereocenters. The number of rotatable bonds is 3. The highest BCUT2D eigenvalue weighted by molar-refractivity contribution is 6.36. The topological polar surface area (TPSA) is 34.1 Å². The molecule has 11 heavy (non-hydrogen) atoms. The molecule has 62 valence electrons. The Bertz CT molecular complexity index is 166. The number of ketones is 2. The van der Waals surface area contributed by atoms with Crippen LogP contribution in [0.5, 0.6) is 0 Å². The van der Waals surface area contributed by atoms with Gasteiger partial charge in [0.15, 0.2) is 11.6 Å². The van der Waals surface area contributed by atoms with Crippen molar-refractivity contribution in [1.29, 1.82) is 0 Å². The molecule has 2 nitrogen and oxygen atoms in total. The van der Waals surface area contributed by atoms with Gasteiger partial charge in [0.05, 0.1) is 0 Å². The monoisotopic (exact) mass is 154 g/mol. The maximum atomic E-state index is 10.9. The molecule has 1 saturated carbocycles. The lowest BCUT2D eigenvalue weighted by Crippen LogP contribution is -2.13. The van der Waals surface area contributed by atoms with Gasteiger partial charge in [-0.1, -0.05) is 25.7 Å². The summed E-state index contributed by atoms with van der Waals surface area (Å²) in [7, 11) is 0. The molecule has 0 aromatic carbocycles. The molecule has 0 bridgehead atoms. The Labute approximate surface area is 67.0 Å². The number of carbonyl (C=O) groups is 2. The average molecular weight is 154 g/mol. The molecule has 0 heterocycles. The summed E-state index contributed by atoms with van der Waals surface area (Å²) in [5.74, 6) is 0.0419. The molecule has 0 N–H and O–H groups in total. The molecule has 0 amide bonds. The summed E-state index contributed by atoms with van der Waals surface area (Å²) >= 11 is 0. The second kappa shape index (κ2) is 3.65. The molecule has 2 heteroatoms. The van der Waals surface area contributed by atoms with E-state index in [0.717, 1.165) is 12.8 Å². The van der Waals surface area contributed by atoms with E-state index in [2.05, 4.69) is 0 Å². The lowest BCUT2D eigenvalue weighted by Gasteiger charge is -2.04. The van der Waals surface area contributed by atoms with Gasteiger partial charge in [0.2, 0.25) is 0 Å². The third kappa shape index (κ3) is 2.45. The van der Waals surface area contributed by atoms with Crippen molar-refractivity contribution in [1.82, 2.24) is 0 Å². The zero-order chi connectivity index (χ0) is 8.27. The van der Waals surface area contributed by atoms with Gasteiger partial charge in [-0.2, -0.15) is 0 Å². The van der Waals surface area contributed by atoms with E-state index < -0.39 is 0 Å². The second-order valence-electron chi connectivity index (χ2n) is 3.33. The van der Waals surface area contributed by atoms with E-state index in [1.807, 2.05) is 0 Å². The van der Waals surface area contributed by atoms with Crippen molar-refractivity contribution < 1.29 is 9.59 Å². The molecular formula is C9H14O2. The first-order valence-corrected chi connectivity index (χ1v) is 4.24. The largest absolute Gasteiger partial charge is 0.291 e. The molecule has 1 aliphatic carbocycles. The Balaban J connectivity index is 2.29. The van der Waals surface area contributed by atoms with Gasteiger partial charge in [-0.3, -0.25) is 9.59 Å². The van der Waals surface area contributed by atoms with Crippen LogP contribution in [0.4, 0.5) is 0 Å². The van der Waals surface area contributed by atoms with Crippen molar-refractivity contribution >= 4 is 11.6 Å². The Kier molecular flexibility index (Phi) is 2.80. The Morgan fingerprint density at radius 2 is 1.82 bits per heavy atom. The molecule has 0 spiro atoms. The summed E-state index contributed by atoms with van der Waals surface area (Å²) in [5, 5.41) is 0. The molecule has 0 aromatic rings. The predicted molar refractivity (Wildman–Crippen MR) is 42.3 cm³/mol. The van der Waals surface area contributed by atoms with Crippen LogP contribution in [-0.4, -0.2) is 11.6 Å².